The van der Waals surface area contributed by atoms with E-state index in [0.717, 1.165) is 15.2 Å². The zero-order valence-electron chi connectivity index (χ0n) is 19.0. The summed E-state index contributed by atoms with van der Waals surface area (Å²) in [5, 5.41) is 8.04. The maximum absolute atomic E-state index is 12.7. The van der Waals surface area contributed by atoms with Gasteiger partial charge in [0.1, 0.15) is 11.5 Å². The monoisotopic (exact) mass is 545 g/mol. The van der Waals surface area contributed by atoms with Crippen molar-refractivity contribution in [2.75, 3.05) is 12.4 Å². The number of hydrogen-bond acceptors (Lipinski definition) is 6. The molecule has 180 valence electrons. The van der Waals surface area contributed by atoms with E-state index in [0.29, 0.717) is 22.6 Å². The molecule has 0 unspecified atom stereocenters. The Hall–Kier alpha value is -4.50. The number of hydrazone groups is 1. The van der Waals surface area contributed by atoms with Crippen molar-refractivity contribution >= 4 is 56.4 Å². The molecule has 4 aromatic rings. The van der Waals surface area contributed by atoms with E-state index in [4.69, 9.17) is 9.47 Å². The van der Waals surface area contributed by atoms with Crippen molar-refractivity contribution in [2.24, 2.45) is 5.10 Å². The van der Waals surface area contributed by atoms with Crippen LogP contribution in [-0.4, -0.2) is 31.1 Å². The van der Waals surface area contributed by atoms with Crippen LogP contribution in [0.5, 0.6) is 11.5 Å². The lowest BCUT2D eigenvalue weighted by atomic mass is 10.0. The molecule has 2 amide bonds. The molecule has 0 aliphatic heterocycles. The van der Waals surface area contributed by atoms with E-state index in [1.807, 2.05) is 30.3 Å². The van der Waals surface area contributed by atoms with E-state index in [2.05, 4.69) is 31.8 Å². The third kappa shape index (κ3) is 5.94. The van der Waals surface area contributed by atoms with Gasteiger partial charge in [-0.05, 0) is 65.4 Å². The van der Waals surface area contributed by atoms with Gasteiger partial charge in [-0.15, -0.1) is 0 Å². The van der Waals surface area contributed by atoms with Crippen molar-refractivity contribution in [3.05, 3.63) is 101 Å². The van der Waals surface area contributed by atoms with Gasteiger partial charge in [-0.2, -0.15) is 5.10 Å². The predicted molar refractivity (Wildman–Crippen MR) is 140 cm³/mol. The van der Waals surface area contributed by atoms with Crippen LogP contribution >= 0.6 is 15.9 Å². The van der Waals surface area contributed by atoms with Crippen LogP contribution in [0.4, 0.5) is 5.69 Å². The summed E-state index contributed by atoms with van der Waals surface area (Å²) in [4.78, 5) is 37.1. The Morgan fingerprint density at radius 3 is 2.31 bits per heavy atom. The highest BCUT2D eigenvalue weighted by molar-refractivity contribution is 9.10. The summed E-state index contributed by atoms with van der Waals surface area (Å²) in [7, 11) is 1.54. The van der Waals surface area contributed by atoms with E-state index in [1.54, 1.807) is 54.6 Å². The minimum absolute atomic E-state index is 0.242. The van der Waals surface area contributed by atoms with Crippen molar-refractivity contribution < 1.29 is 23.9 Å². The molecule has 0 atom stereocenters. The molecule has 0 fully saturated rings. The smallest absolute Gasteiger partial charge is 0.343 e. The van der Waals surface area contributed by atoms with Crippen LogP contribution in [0.25, 0.3) is 10.8 Å². The first-order chi connectivity index (χ1) is 17.4. The molecule has 9 heteroatoms. The fourth-order valence-electron chi connectivity index (χ4n) is 3.31. The molecule has 0 aliphatic rings. The van der Waals surface area contributed by atoms with Crippen LogP contribution in [0, 0.1) is 0 Å². The molecule has 0 aromatic heterocycles. The third-order valence-electron chi connectivity index (χ3n) is 5.13. The molecule has 2 N–H and O–H groups in total. The highest BCUT2D eigenvalue weighted by Crippen LogP contribution is 2.27. The van der Waals surface area contributed by atoms with Crippen LogP contribution in [-0.2, 0) is 9.59 Å². The van der Waals surface area contributed by atoms with Gasteiger partial charge in [0, 0.05) is 15.7 Å². The molecular weight excluding hydrogens is 526 g/mol. The first kappa shape index (κ1) is 24.6. The lowest BCUT2D eigenvalue weighted by Crippen LogP contribution is -2.32. The second-order valence-corrected chi connectivity index (χ2v) is 8.39. The standard InChI is InChI=1S/C27H20BrN3O5/c1-35-21-13-6-18(7-14-21)27(34)36-24-15-8-17-4-2-3-5-22(17)23(24)16-29-31-26(33)25(32)30-20-11-9-19(28)10-12-20/h2-16H,1H3,(H,30,32)(H,31,33). The summed E-state index contributed by atoms with van der Waals surface area (Å²) in [5.74, 6) is -1.54. The van der Waals surface area contributed by atoms with Crippen molar-refractivity contribution in [3.63, 3.8) is 0 Å². The van der Waals surface area contributed by atoms with Gasteiger partial charge in [-0.3, -0.25) is 9.59 Å². The number of halogens is 1. The van der Waals surface area contributed by atoms with Gasteiger partial charge in [-0.1, -0.05) is 46.3 Å². The van der Waals surface area contributed by atoms with Gasteiger partial charge in [0.15, 0.2) is 0 Å². The largest absolute Gasteiger partial charge is 0.497 e. The van der Waals surface area contributed by atoms with E-state index in [-0.39, 0.29) is 5.75 Å². The molecule has 0 radical (unpaired) electrons. The van der Waals surface area contributed by atoms with Crippen molar-refractivity contribution in [1.82, 2.24) is 5.43 Å². The van der Waals surface area contributed by atoms with Gasteiger partial charge in [0.25, 0.3) is 0 Å². The van der Waals surface area contributed by atoms with Crippen molar-refractivity contribution in [3.8, 4) is 11.5 Å². The molecule has 0 aliphatic carbocycles. The average molecular weight is 546 g/mol. The average Bonchev–Trinajstić information content (AvgIpc) is 2.90. The maximum Gasteiger partial charge on any atom is 0.343 e. The van der Waals surface area contributed by atoms with E-state index in [9.17, 15) is 14.4 Å². The minimum Gasteiger partial charge on any atom is -0.497 e. The number of anilines is 1. The number of methoxy groups -OCH3 is 1. The van der Waals surface area contributed by atoms with Gasteiger partial charge < -0.3 is 14.8 Å². The highest BCUT2D eigenvalue weighted by atomic mass is 79.9. The number of hydrogen-bond donors (Lipinski definition) is 2. The Morgan fingerprint density at radius 2 is 1.58 bits per heavy atom. The Bertz CT molecular complexity index is 1450. The second-order valence-electron chi connectivity index (χ2n) is 7.48. The fourth-order valence-corrected chi connectivity index (χ4v) is 3.58. The molecule has 0 bridgehead atoms. The quantitative estimate of drug-likeness (QED) is 0.117. The highest BCUT2D eigenvalue weighted by Gasteiger charge is 2.15. The van der Waals surface area contributed by atoms with Gasteiger partial charge >= 0.3 is 17.8 Å². The Kier molecular flexibility index (Phi) is 7.72. The van der Waals surface area contributed by atoms with Crippen LogP contribution in [0.1, 0.15) is 15.9 Å². The molecule has 36 heavy (non-hydrogen) atoms. The van der Waals surface area contributed by atoms with E-state index >= 15 is 0 Å². The van der Waals surface area contributed by atoms with Gasteiger partial charge in [-0.25, -0.2) is 10.2 Å². The molecule has 0 saturated carbocycles. The van der Waals surface area contributed by atoms with Crippen molar-refractivity contribution in [1.29, 1.82) is 0 Å². The number of esters is 1. The number of ether oxygens (including phenoxy) is 2. The predicted octanol–water partition coefficient (Wildman–Crippen LogP) is 4.92. The number of fused-ring (bicyclic) bond motifs is 1. The normalized spacial score (nSPS) is 10.7. The number of rotatable bonds is 6. The Morgan fingerprint density at radius 1 is 0.861 bits per heavy atom. The maximum atomic E-state index is 12.7. The topological polar surface area (TPSA) is 106 Å². The van der Waals surface area contributed by atoms with Gasteiger partial charge in [0.05, 0.1) is 18.9 Å². The summed E-state index contributed by atoms with van der Waals surface area (Å²) >= 11 is 3.31. The van der Waals surface area contributed by atoms with Gasteiger partial charge in [0.2, 0.25) is 0 Å². The number of amides is 2. The zero-order valence-corrected chi connectivity index (χ0v) is 20.6. The molecule has 4 rings (SSSR count). The first-order valence-corrected chi connectivity index (χ1v) is 11.5. The SMILES string of the molecule is COc1ccc(C(=O)Oc2ccc3ccccc3c2C=NNC(=O)C(=O)Nc2ccc(Br)cc2)cc1. The summed E-state index contributed by atoms with van der Waals surface area (Å²) in [6, 6.07) is 24.2. The number of nitrogens with one attached hydrogen (secondary N) is 2. The lowest BCUT2D eigenvalue weighted by Gasteiger charge is -2.11. The third-order valence-corrected chi connectivity index (χ3v) is 5.66. The minimum atomic E-state index is -0.953. The number of benzene rings is 4. The number of nitrogens with zero attached hydrogens (tertiary/aromatic N) is 1. The second kappa shape index (κ2) is 11.3. The van der Waals surface area contributed by atoms with Crippen molar-refractivity contribution in [2.45, 2.75) is 0 Å². The number of carbonyl (C=O) groups excluding carboxylic acids is 3. The summed E-state index contributed by atoms with van der Waals surface area (Å²) in [6.07, 6.45) is 1.34. The van der Waals surface area contributed by atoms with Crippen LogP contribution in [0.15, 0.2) is 94.5 Å². The first-order valence-electron chi connectivity index (χ1n) is 10.7. The van der Waals surface area contributed by atoms with Crippen LogP contribution in [0.2, 0.25) is 0 Å². The molecule has 8 nitrogen and oxygen atoms in total. The molecule has 0 saturated heterocycles. The zero-order chi connectivity index (χ0) is 25.5. The molecule has 0 heterocycles. The lowest BCUT2D eigenvalue weighted by molar-refractivity contribution is -0.136. The summed E-state index contributed by atoms with van der Waals surface area (Å²) in [5.41, 5.74) is 3.47. The number of carbonyl (C=O) groups is 3. The summed E-state index contributed by atoms with van der Waals surface area (Å²) in [6.45, 7) is 0. The molecular formula is C27H20BrN3O5. The summed E-state index contributed by atoms with van der Waals surface area (Å²) < 4.78 is 11.6. The fraction of sp³-hybridized carbons (Fsp3) is 0.0370. The van der Waals surface area contributed by atoms with E-state index < -0.39 is 17.8 Å². The Balaban J connectivity index is 1.52. The molecule has 0 spiro atoms. The van der Waals surface area contributed by atoms with E-state index in [1.165, 1.54) is 13.3 Å². The van der Waals surface area contributed by atoms with Crippen LogP contribution < -0.4 is 20.2 Å². The Labute approximate surface area is 215 Å². The van der Waals surface area contributed by atoms with Crippen LogP contribution in [0.3, 0.4) is 0 Å². The molecule has 4 aromatic carbocycles.